The number of carbonyl (C=O) groups excluding carboxylic acids is 1. The first kappa shape index (κ1) is 12.9. The van der Waals surface area contributed by atoms with E-state index < -0.39 is 6.10 Å². The fourth-order valence-corrected chi connectivity index (χ4v) is 2.33. The summed E-state index contributed by atoms with van der Waals surface area (Å²) >= 11 is 0. The fraction of sp³-hybridized carbons (Fsp3) is 0.500. The van der Waals surface area contributed by atoms with Crippen LogP contribution in [-0.4, -0.2) is 35.3 Å². The van der Waals surface area contributed by atoms with Crippen LogP contribution in [0.15, 0.2) is 30.3 Å². The predicted molar refractivity (Wildman–Crippen MR) is 68.0 cm³/mol. The number of benzene rings is 1. The highest BCUT2D eigenvalue weighted by molar-refractivity contribution is 5.67. The number of likely N-dealkylation sites (N-methyl/N-ethyl adjacent to an activating group) is 1. The van der Waals surface area contributed by atoms with E-state index in [1.807, 2.05) is 30.3 Å². The second-order valence-electron chi connectivity index (χ2n) is 4.72. The van der Waals surface area contributed by atoms with Crippen LogP contribution >= 0.6 is 0 Å². The quantitative estimate of drug-likeness (QED) is 0.893. The van der Waals surface area contributed by atoms with Crippen LogP contribution in [0.4, 0.5) is 4.79 Å². The van der Waals surface area contributed by atoms with Gasteiger partial charge in [-0.25, -0.2) is 4.79 Å². The van der Waals surface area contributed by atoms with Crippen LogP contribution < -0.4 is 0 Å². The third kappa shape index (κ3) is 3.01. The highest BCUT2D eigenvalue weighted by Gasteiger charge is 2.31. The number of hydrogen-bond donors (Lipinski definition) is 1. The molecule has 0 unspecified atom stereocenters. The highest BCUT2D eigenvalue weighted by atomic mass is 16.6. The Hall–Kier alpha value is -1.55. The van der Waals surface area contributed by atoms with Gasteiger partial charge in [-0.3, -0.25) is 0 Å². The maximum atomic E-state index is 11.8. The van der Waals surface area contributed by atoms with Crippen LogP contribution in [0, 0.1) is 0 Å². The Morgan fingerprint density at radius 2 is 2.11 bits per heavy atom. The smallest absolute Gasteiger partial charge is 0.410 e. The van der Waals surface area contributed by atoms with Gasteiger partial charge in [-0.15, -0.1) is 0 Å². The van der Waals surface area contributed by atoms with E-state index in [2.05, 4.69) is 0 Å². The topological polar surface area (TPSA) is 49.8 Å². The minimum atomic E-state index is -0.417. The van der Waals surface area contributed by atoms with Crippen LogP contribution in [0.3, 0.4) is 0 Å². The number of ether oxygens (including phenoxy) is 1. The molecule has 2 atom stereocenters. The predicted octanol–water partition coefficient (Wildman–Crippen LogP) is 2.17. The second kappa shape index (κ2) is 5.87. The van der Waals surface area contributed by atoms with Gasteiger partial charge in [0.15, 0.2) is 0 Å². The van der Waals surface area contributed by atoms with Gasteiger partial charge >= 0.3 is 6.09 Å². The van der Waals surface area contributed by atoms with Gasteiger partial charge in [-0.2, -0.15) is 0 Å². The second-order valence-corrected chi connectivity index (χ2v) is 4.72. The molecule has 1 N–H and O–H groups in total. The van der Waals surface area contributed by atoms with E-state index in [-0.39, 0.29) is 18.7 Å². The van der Waals surface area contributed by atoms with Crippen LogP contribution in [-0.2, 0) is 11.3 Å². The first-order valence-electron chi connectivity index (χ1n) is 6.30. The summed E-state index contributed by atoms with van der Waals surface area (Å²) in [5.74, 6) is 0. The Bertz CT molecular complexity index is 393. The molecule has 1 amide bonds. The Morgan fingerprint density at radius 1 is 1.39 bits per heavy atom. The molecule has 0 aromatic heterocycles. The van der Waals surface area contributed by atoms with Crippen LogP contribution in [0.5, 0.6) is 0 Å². The van der Waals surface area contributed by atoms with Crippen LogP contribution in [0.25, 0.3) is 0 Å². The number of aliphatic hydroxyl groups excluding tert-OH is 1. The third-order valence-corrected chi connectivity index (χ3v) is 3.43. The van der Waals surface area contributed by atoms with Crippen molar-refractivity contribution in [1.29, 1.82) is 0 Å². The van der Waals surface area contributed by atoms with Crippen molar-refractivity contribution >= 4 is 6.09 Å². The SMILES string of the molecule is CN(C(=O)OCc1ccccc1)[C@@H]1CCC[C@H]1O. The zero-order valence-electron chi connectivity index (χ0n) is 10.6. The molecule has 1 fully saturated rings. The Kier molecular flexibility index (Phi) is 4.20. The lowest BCUT2D eigenvalue weighted by atomic mass is 10.2. The van der Waals surface area contributed by atoms with Gasteiger partial charge in [0.05, 0.1) is 12.1 Å². The molecule has 1 aromatic carbocycles. The standard InChI is InChI=1S/C14H19NO3/c1-15(12-8-5-9-13(12)16)14(17)18-10-11-6-3-2-4-7-11/h2-4,6-7,12-13,16H,5,8-10H2,1H3/t12-,13-/m1/s1. The molecule has 98 valence electrons. The zero-order chi connectivity index (χ0) is 13.0. The summed E-state index contributed by atoms with van der Waals surface area (Å²) in [5.41, 5.74) is 0.964. The minimum Gasteiger partial charge on any atom is -0.445 e. The third-order valence-electron chi connectivity index (χ3n) is 3.43. The molecule has 0 saturated heterocycles. The van der Waals surface area contributed by atoms with Crippen LogP contribution in [0.1, 0.15) is 24.8 Å². The molecule has 0 spiro atoms. The monoisotopic (exact) mass is 249 g/mol. The van der Waals surface area contributed by atoms with Gasteiger partial charge in [0.1, 0.15) is 6.61 Å². The van der Waals surface area contributed by atoms with Crippen molar-refractivity contribution in [2.45, 2.75) is 38.0 Å². The number of aliphatic hydroxyl groups is 1. The van der Waals surface area contributed by atoms with E-state index in [1.165, 1.54) is 4.90 Å². The normalized spacial score (nSPS) is 22.8. The van der Waals surface area contributed by atoms with E-state index in [1.54, 1.807) is 7.05 Å². The van der Waals surface area contributed by atoms with E-state index in [4.69, 9.17) is 4.74 Å². The van der Waals surface area contributed by atoms with Crippen molar-refractivity contribution in [3.63, 3.8) is 0 Å². The molecule has 1 aliphatic rings. The Morgan fingerprint density at radius 3 is 2.72 bits per heavy atom. The highest BCUT2D eigenvalue weighted by Crippen LogP contribution is 2.23. The van der Waals surface area contributed by atoms with Crippen molar-refractivity contribution in [2.75, 3.05) is 7.05 Å². The lowest BCUT2D eigenvalue weighted by Crippen LogP contribution is -2.41. The number of amides is 1. The van der Waals surface area contributed by atoms with Crippen molar-refractivity contribution in [3.05, 3.63) is 35.9 Å². The first-order valence-corrected chi connectivity index (χ1v) is 6.30. The van der Waals surface area contributed by atoms with E-state index in [0.717, 1.165) is 24.8 Å². The van der Waals surface area contributed by atoms with Gasteiger partial charge in [0.2, 0.25) is 0 Å². The largest absolute Gasteiger partial charge is 0.445 e. The average Bonchev–Trinajstić information content (AvgIpc) is 2.82. The zero-order valence-corrected chi connectivity index (χ0v) is 10.6. The van der Waals surface area contributed by atoms with Gasteiger partial charge in [-0.05, 0) is 24.8 Å². The number of nitrogens with zero attached hydrogens (tertiary/aromatic N) is 1. The van der Waals surface area contributed by atoms with Crippen LogP contribution in [0.2, 0.25) is 0 Å². The molecule has 0 aliphatic heterocycles. The molecule has 4 nitrogen and oxygen atoms in total. The Balaban J connectivity index is 1.84. The minimum absolute atomic E-state index is 0.103. The maximum absolute atomic E-state index is 11.8. The molecular weight excluding hydrogens is 230 g/mol. The van der Waals surface area contributed by atoms with Crippen molar-refractivity contribution in [3.8, 4) is 0 Å². The number of carbonyl (C=O) groups is 1. The summed E-state index contributed by atoms with van der Waals surface area (Å²) < 4.78 is 5.23. The lowest BCUT2D eigenvalue weighted by molar-refractivity contribution is 0.0553. The van der Waals surface area contributed by atoms with E-state index in [0.29, 0.717) is 0 Å². The van der Waals surface area contributed by atoms with Gasteiger partial charge in [0, 0.05) is 7.05 Å². The van der Waals surface area contributed by atoms with E-state index in [9.17, 15) is 9.90 Å². The summed E-state index contributed by atoms with van der Waals surface area (Å²) in [4.78, 5) is 13.4. The van der Waals surface area contributed by atoms with Crippen molar-refractivity contribution in [2.24, 2.45) is 0 Å². The van der Waals surface area contributed by atoms with Crippen molar-refractivity contribution < 1.29 is 14.6 Å². The molecule has 4 heteroatoms. The number of rotatable bonds is 3. The Labute approximate surface area is 107 Å². The molecule has 0 bridgehead atoms. The molecule has 1 saturated carbocycles. The van der Waals surface area contributed by atoms with Crippen molar-refractivity contribution in [1.82, 2.24) is 4.90 Å². The molecule has 18 heavy (non-hydrogen) atoms. The molecule has 1 aliphatic carbocycles. The van der Waals surface area contributed by atoms with Gasteiger partial charge in [-0.1, -0.05) is 30.3 Å². The first-order chi connectivity index (χ1) is 8.68. The fourth-order valence-electron chi connectivity index (χ4n) is 2.33. The average molecular weight is 249 g/mol. The molecule has 0 heterocycles. The number of hydrogen-bond acceptors (Lipinski definition) is 3. The summed E-state index contributed by atoms with van der Waals surface area (Å²) in [6.07, 6.45) is 1.78. The summed E-state index contributed by atoms with van der Waals surface area (Å²) in [6, 6.07) is 9.47. The lowest BCUT2D eigenvalue weighted by Gasteiger charge is -2.26. The molecule has 2 rings (SSSR count). The summed E-state index contributed by atoms with van der Waals surface area (Å²) in [5, 5.41) is 9.74. The van der Waals surface area contributed by atoms with Gasteiger partial charge < -0.3 is 14.7 Å². The maximum Gasteiger partial charge on any atom is 0.410 e. The van der Waals surface area contributed by atoms with E-state index >= 15 is 0 Å². The molecule has 1 aromatic rings. The summed E-state index contributed by atoms with van der Waals surface area (Å²) in [7, 11) is 1.69. The molecule has 0 radical (unpaired) electrons. The van der Waals surface area contributed by atoms with Gasteiger partial charge in [0.25, 0.3) is 0 Å². The summed E-state index contributed by atoms with van der Waals surface area (Å²) in [6.45, 7) is 0.271. The molecular formula is C14H19NO3.